The summed E-state index contributed by atoms with van der Waals surface area (Å²) < 4.78 is 23.2. The summed E-state index contributed by atoms with van der Waals surface area (Å²) >= 11 is 0. The Morgan fingerprint density at radius 1 is 1.38 bits per heavy atom. The van der Waals surface area contributed by atoms with Crippen LogP contribution >= 0.6 is 0 Å². The number of fused-ring (bicyclic) bond motifs is 8. The average molecular weight is 338 g/mol. The Balaban J connectivity index is 1.72. The fourth-order valence-corrected chi connectivity index (χ4v) is 6.17. The minimum absolute atomic E-state index is 0.156. The minimum Gasteiger partial charge on any atom is -0.462 e. The molecule has 0 radical (unpaired) electrons. The molecule has 5 unspecified atom stereocenters. The molecule has 0 amide bonds. The van der Waals surface area contributed by atoms with Crippen LogP contribution in [0.4, 0.5) is 0 Å². The van der Waals surface area contributed by atoms with E-state index in [-0.39, 0.29) is 12.2 Å². The van der Waals surface area contributed by atoms with Crippen LogP contribution in [0.2, 0.25) is 0 Å². The van der Waals surface area contributed by atoms with E-state index in [1.807, 2.05) is 6.92 Å². The molecule has 7 nitrogen and oxygen atoms in total. The fraction of sp³-hybridized carbons (Fsp3) is 0.882. The van der Waals surface area contributed by atoms with E-state index in [2.05, 4.69) is 0 Å². The number of carbonyl (C=O) groups excluding carboxylic acids is 2. The van der Waals surface area contributed by atoms with Crippen molar-refractivity contribution >= 4 is 11.9 Å². The lowest BCUT2D eigenvalue weighted by Crippen LogP contribution is -2.68. The molecule has 5 rings (SSSR count). The highest BCUT2D eigenvalue weighted by Crippen LogP contribution is 2.77. The van der Waals surface area contributed by atoms with Gasteiger partial charge in [0, 0.05) is 18.3 Å². The quantitative estimate of drug-likeness (QED) is 0.566. The molecule has 0 aromatic heterocycles. The maximum Gasteiger partial charge on any atom is 0.313 e. The largest absolute Gasteiger partial charge is 0.462 e. The zero-order chi connectivity index (χ0) is 17.3. The molecule has 3 heterocycles. The Labute approximate surface area is 139 Å². The fourth-order valence-electron chi connectivity index (χ4n) is 6.17. The van der Waals surface area contributed by atoms with Gasteiger partial charge in [0.15, 0.2) is 5.60 Å². The van der Waals surface area contributed by atoms with E-state index in [0.29, 0.717) is 13.0 Å². The van der Waals surface area contributed by atoms with E-state index in [0.717, 1.165) is 0 Å². The molecule has 5 aliphatic rings. The summed E-state index contributed by atoms with van der Waals surface area (Å²) in [4.78, 5) is 24.8. The van der Waals surface area contributed by atoms with Gasteiger partial charge in [0.2, 0.25) is 0 Å². The number of hydrogen-bond donors (Lipinski definition) is 1. The topological polar surface area (TPSA) is 97.9 Å². The summed E-state index contributed by atoms with van der Waals surface area (Å²) in [5.74, 6) is -2.07. The molecule has 0 aromatic rings. The Morgan fingerprint density at radius 3 is 2.58 bits per heavy atom. The average Bonchev–Trinajstić information content (AvgIpc) is 3.28. The van der Waals surface area contributed by atoms with Crippen LogP contribution in [0.25, 0.3) is 0 Å². The molecule has 7 heteroatoms. The maximum atomic E-state index is 12.8. The van der Waals surface area contributed by atoms with Crippen LogP contribution in [0.3, 0.4) is 0 Å². The number of carbonyl (C=O) groups is 2. The van der Waals surface area contributed by atoms with Gasteiger partial charge in [-0.15, -0.1) is 0 Å². The number of rotatable bonds is 2. The molecule has 1 spiro atoms. The SMILES string of the molecule is CC(=O)O[C@@]12C3OC3[C@]3(CO3)[C@]1(C)CC1OC(=O)C2C1C(C)(C)O. The van der Waals surface area contributed by atoms with Gasteiger partial charge in [-0.2, -0.15) is 0 Å². The minimum atomic E-state index is -1.14. The Bertz CT molecular complexity index is 662. The monoisotopic (exact) mass is 338 g/mol. The van der Waals surface area contributed by atoms with Crippen molar-refractivity contribution in [3.8, 4) is 0 Å². The number of esters is 2. The second kappa shape index (κ2) is 3.81. The summed E-state index contributed by atoms with van der Waals surface area (Å²) in [6, 6.07) is 0. The van der Waals surface area contributed by atoms with Crippen molar-refractivity contribution in [3.05, 3.63) is 0 Å². The summed E-state index contributed by atoms with van der Waals surface area (Å²) in [5, 5.41) is 10.7. The molecule has 1 N–H and O–H groups in total. The molecular weight excluding hydrogens is 316 g/mol. The van der Waals surface area contributed by atoms with E-state index >= 15 is 0 Å². The zero-order valence-electron chi connectivity index (χ0n) is 14.2. The molecule has 3 aliphatic heterocycles. The van der Waals surface area contributed by atoms with Crippen LogP contribution in [0.15, 0.2) is 0 Å². The lowest BCUT2D eigenvalue weighted by atomic mass is 9.52. The molecule has 0 aromatic carbocycles. The second-order valence-electron chi connectivity index (χ2n) is 8.71. The van der Waals surface area contributed by atoms with Crippen molar-refractivity contribution in [1.82, 2.24) is 0 Å². The lowest BCUT2D eigenvalue weighted by Gasteiger charge is -2.54. The highest BCUT2D eigenvalue weighted by molar-refractivity contribution is 5.80. The van der Waals surface area contributed by atoms with E-state index in [1.165, 1.54) is 6.92 Å². The Kier molecular flexibility index (Phi) is 2.40. The predicted molar refractivity (Wildman–Crippen MR) is 77.7 cm³/mol. The number of aliphatic hydroxyl groups is 1. The van der Waals surface area contributed by atoms with Crippen LogP contribution < -0.4 is 0 Å². The third kappa shape index (κ3) is 1.35. The van der Waals surface area contributed by atoms with Crippen LogP contribution in [-0.4, -0.2) is 58.8 Å². The summed E-state index contributed by atoms with van der Waals surface area (Å²) in [5.41, 5.74) is -3.36. The van der Waals surface area contributed by atoms with Gasteiger partial charge in [-0.3, -0.25) is 9.59 Å². The third-order valence-corrected chi connectivity index (χ3v) is 7.11. The molecule has 132 valence electrons. The first-order valence-corrected chi connectivity index (χ1v) is 8.50. The van der Waals surface area contributed by atoms with Gasteiger partial charge in [0.1, 0.15) is 29.8 Å². The zero-order valence-corrected chi connectivity index (χ0v) is 14.2. The molecular formula is C17H22O7. The molecule has 24 heavy (non-hydrogen) atoms. The lowest BCUT2D eigenvalue weighted by molar-refractivity contribution is -0.229. The smallest absolute Gasteiger partial charge is 0.313 e. The van der Waals surface area contributed by atoms with Crippen molar-refractivity contribution in [2.24, 2.45) is 17.3 Å². The predicted octanol–water partition coefficient (Wildman–Crippen LogP) is 0.177. The van der Waals surface area contributed by atoms with Gasteiger partial charge in [-0.05, 0) is 20.3 Å². The van der Waals surface area contributed by atoms with Gasteiger partial charge in [0.25, 0.3) is 0 Å². The normalized spacial score (nSPS) is 56.5. The van der Waals surface area contributed by atoms with Crippen LogP contribution in [0.1, 0.15) is 34.1 Å². The van der Waals surface area contributed by atoms with Crippen LogP contribution in [0, 0.1) is 17.3 Å². The third-order valence-electron chi connectivity index (χ3n) is 7.11. The highest BCUT2D eigenvalue weighted by atomic mass is 16.7. The maximum absolute atomic E-state index is 12.8. The van der Waals surface area contributed by atoms with E-state index in [4.69, 9.17) is 18.9 Å². The number of epoxide rings is 2. The molecule has 2 bridgehead atoms. The molecule has 8 atom stereocenters. The number of hydrogen-bond acceptors (Lipinski definition) is 7. The summed E-state index contributed by atoms with van der Waals surface area (Å²) in [6.45, 7) is 7.24. The van der Waals surface area contributed by atoms with Gasteiger partial charge >= 0.3 is 11.9 Å². The first-order valence-electron chi connectivity index (χ1n) is 8.50. The van der Waals surface area contributed by atoms with Gasteiger partial charge in [-0.1, -0.05) is 6.92 Å². The molecule has 2 aliphatic carbocycles. The van der Waals surface area contributed by atoms with Crippen molar-refractivity contribution < 1.29 is 33.6 Å². The Hall–Kier alpha value is -1.18. The van der Waals surface area contributed by atoms with Crippen molar-refractivity contribution in [3.63, 3.8) is 0 Å². The van der Waals surface area contributed by atoms with E-state index in [1.54, 1.807) is 13.8 Å². The van der Waals surface area contributed by atoms with E-state index < -0.39 is 52.1 Å². The summed E-state index contributed by atoms with van der Waals surface area (Å²) in [6.07, 6.45) is -0.449. The van der Waals surface area contributed by atoms with Crippen LogP contribution in [0.5, 0.6) is 0 Å². The first-order chi connectivity index (χ1) is 11.1. The highest BCUT2D eigenvalue weighted by Gasteiger charge is 2.94. The first kappa shape index (κ1) is 15.1. The van der Waals surface area contributed by atoms with Gasteiger partial charge < -0.3 is 24.1 Å². The van der Waals surface area contributed by atoms with E-state index in [9.17, 15) is 14.7 Å². The summed E-state index contributed by atoms with van der Waals surface area (Å²) in [7, 11) is 0. The molecule has 5 fully saturated rings. The number of ether oxygens (including phenoxy) is 4. The van der Waals surface area contributed by atoms with Crippen molar-refractivity contribution in [2.45, 2.75) is 69.2 Å². The molecule has 2 saturated carbocycles. The van der Waals surface area contributed by atoms with Gasteiger partial charge in [-0.25, -0.2) is 0 Å². The van der Waals surface area contributed by atoms with Gasteiger partial charge in [0.05, 0.1) is 12.2 Å². The molecule has 3 saturated heterocycles. The second-order valence-corrected chi connectivity index (χ2v) is 8.71. The Morgan fingerprint density at radius 2 is 2.04 bits per heavy atom. The van der Waals surface area contributed by atoms with Crippen LogP contribution in [-0.2, 0) is 28.5 Å². The standard InChI is InChI=1S/C17H22O7/c1-7(18)24-17-10-9(14(2,3)20)8(22-13(10)19)5-15(17,4)16(6-21-16)11-12(17)23-11/h8-12,20H,5-6H2,1-4H3/t8?,9?,10?,11?,12?,15-,16+,17-/m0/s1. The van der Waals surface area contributed by atoms with Crippen molar-refractivity contribution in [2.75, 3.05) is 6.61 Å². The van der Waals surface area contributed by atoms with Crippen molar-refractivity contribution in [1.29, 1.82) is 0 Å².